The molecule has 0 aromatic carbocycles. The Kier molecular flexibility index (Phi) is 3.29. The van der Waals surface area contributed by atoms with Gasteiger partial charge in [-0.15, -0.1) is 11.3 Å². The molecule has 0 unspecified atom stereocenters. The third-order valence-electron chi connectivity index (χ3n) is 2.05. The third kappa shape index (κ3) is 2.97. The van der Waals surface area contributed by atoms with E-state index in [2.05, 4.69) is 15.3 Å². The van der Waals surface area contributed by atoms with E-state index in [1.54, 1.807) is 17.4 Å². The van der Waals surface area contributed by atoms with Crippen LogP contribution >= 0.6 is 11.3 Å². The van der Waals surface area contributed by atoms with E-state index in [0.717, 1.165) is 10.7 Å². The first-order valence-electron chi connectivity index (χ1n) is 4.90. The predicted molar refractivity (Wildman–Crippen MR) is 65.1 cm³/mol. The Morgan fingerprint density at radius 3 is 2.88 bits per heavy atom. The lowest BCUT2D eigenvalue weighted by Crippen LogP contribution is -2.01. The first kappa shape index (κ1) is 11.5. The molecule has 0 aliphatic rings. The predicted octanol–water partition coefficient (Wildman–Crippen LogP) is 2.37. The molecule has 0 aliphatic heterocycles. The topological polar surface area (TPSA) is 81.0 Å². The molecular weight excluding hydrogens is 240 g/mol. The van der Waals surface area contributed by atoms with Crippen LogP contribution in [-0.4, -0.2) is 14.9 Å². The fourth-order valence-electron chi connectivity index (χ4n) is 1.25. The normalized spacial score (nSPS) is 10.2. The van der Waals surface area contributed by atoms with Crippen LogP contribution in [0.1, 0.15) is 10.7 Å². The average molecular weight is 250 g/mol. The zero-order valence-electron chi connectivity index (χ0n) is 9.08. The number of hydrogen-bond donors (Lipinski definition) is 1. The van der Waals surface area contributed by atoms with E-state index in [-0.39, 0.29) is 5.69 Å². The van der Waals surface area contributed by atoms with Crippen molar-refractivity contribution in [3.8, 4) is 0 Å². The lowest BCUT2D eigenvalue weighted by atomic mass is 10.4. The molecule has 0 saturated carbocycles. The van der Waals surface area contributed by atoms with Crippen LogP contribution in [0, 0.1) is 17.0 Å². The molecule has 6 nitrogen and oxygen atoms in total. The number of nitrogens with one attached hydrogen (secondary N) is 1. The van der Waals surface area contributed by atoms with Crippen molar-refractivity contribution in [2.45, 2.75) is 13.5 Å². The maximum absolute atomic E-state index is 10.4. The standard InChI is InChI=1S/C10H10N4O2S/c1-7-6-17-10(13-7)5-12-9-3-2-8(4-11-9)14(15)16/h2-4,6H,5H2,1H3,(H,11,12). The molecule has 0 radical (unpaired) electrons. The molecule has 88 valence electrons. The molecule has 1 N–H and O–H groups in total. The van der Waals surface area contributed by atoms with Gasteiger partial charge in [0.25, 0.3) is 5.69 Å². The number of hydrogen-bond acceptors (Lipinski definition) is 6. The van der Waals surface area contributed by atoms with Crippen molar-refractivity contribution in [2.24, 2.45) is 0 Å². The first-order chi connectivity index (χ1) is 8.15. The van der Waals surface area contributed by atoms with Crippen LogP contribution in [0.5, 0.6) is 0 Å². The minimum Gasteiger partial charge on any atom is -0.364 e. The highest BCUT2D eigenvalue weighted by molar-refractivity contribution is 7.09. The van der Waals surface area contributed by atoms with Crippen molar-refractivity contribution in [3.63, 3.8) is 0 Å². The number of nitrogens with zero attached hydrogens (tertiary/aromatic N) is 3. The number of anilines is 1. The molecule has 0 atom stereocenters. The SMILES string of the molecule is Cc1csc(CNc2ccc([N+](=O)[O-])cn2)n1. The van der Waals surface area contributed by atoms with Crippen molar-refractivity contribution < 1.29 is 4.92 Å². The zero-order chi connectivity index (χ0) is 12.3. The minimum absolute atomic E-state index is 0.0133. The van der Waals surface area contributed by atoms with Gasteiger partial charge in [-0.2, -0.15) is 0 Å². The van der Waals surface area contributed by atoms with Crippen LogP contribution in [0.25, 0.3) is 0 Å². The van der Waals surface area contributed by atoms with E-state index < -0.39 is 4.92 Å². The Balaban J connectivity index is 1.97. The summed E-state index contributed by atoms with van der Waals surface area (Å²) in [5.74, 6) is 0.600. The van der Waals surface area contributed by atoms with Gasteiger partial charge < -0.3 is 5.32 Å². The van der Waals surface area contributed by atoms with E-state index >= 15 is 0 Å². The fraction of sp³-hybridized carbons (Fsp3) is 0.200. The van der Waals surface area contributed by atoms with Crippen LogP contribution < -0.4 is 5.32 Å². The first-order valence-corrected chi connectivity index (χ1v) is 5.78. The fourth-order valence-corrected chi connectivity index (χ4v) is 1.96. The Hall–Kier alpha value is -2.02. The number of aryl methyl sites for hydroxylation is 1. The molecule has 0 aliphatic carbocycles. The van der Waals surface area contributed by atoms with Gasteiger partial charge in [0.1, 0.15) is 17.0 Å². The second-order valence-electron chi connectivity index (χ2n) is 3.39. The van der Waals surface area contributed by atoms with Crippen LogP contribution in [-0.2, 0) is 6.54 Å². The molecule has 2 heterocycles. The highest BCUT2D eigenvalue weighted by Gasteiger charge is 2.05. The van der Waals surface area contributed by atoms with E-state index in [4.69, 9.17) is 0 Å². The van der Waals surface area contributed by atoms with Crippen LogP contribution in [0.4, 0.5) is 11.5 Å². The summed E-state index contributed by atoms with van der Waals surface area (Å²) >= 11 is 1.57. The van der Waals surface area contributed by atoms with Crippen LogP contribution in [0.15, 0.2) is 23.7 Å². The van der Waals surface area contributed by atoms with Crippen molar-refractivity contribution in [1.29, 1.82) is 0 Å². The second-order valence-corrected chi connectivity index (χ2v) is 4.34. The smallest absolute Gasteiger partial charge is 0.287 e. The van der Waals surface area contributed by atoms with E-state index in [0.29, 0.717) is 12.4 Å². The molecule has 2 rings (SSSR count). The van der Waals surface area contributed by atoms with Crippen LogP contribution in [0.2, 0.25) is 0 Å². The number of pyridine rings is 1. The summed E-state index contributed by atoms with van der Waals surface area (Å²) in [6.07, 6.45) is 1.23. The maximum atomic E-state index is 10.4. The molecule has 0 bridgehead atoms. The number of rotatable bonds is 4. The summed E-state index contributed by atoms with van der Waals surface area (Å²) < 4.78 is 0. The minimum atomic E-state index is -0.471. The monoisotopic (exact) mass is 250 g/mol. The largest absolute Gasteiger partial charge is 0.364 e. The van der Waals surface area contributed by atoms with Gasteiger partial charge in [-0.25, -0.2) is 9.97 Å². The van der Waals surface area contributed by atoms with Gasteiger partial charge in [-0.05, 0) is 13.0 Å². The summed E-state index contributed by atoms with van der Waals surface area (Å²) in [6.45, 7) is 2.51. The third-order valence-corrected chi connectivity index (χ3v) is 3.01. The van der Waals surface area contributed by atoms with Gasteiger partial charge in [-0.3, -0.25) is 10.1 Å². The van der Waals surface area contributed by atoms with Crippen molar-refractivity contribution in [1.82, 2.24) is 9.97 Å². The molecule has 0 fully saturated rings. The Bertz CT molecular complexity index is 523. The summed E-state index contributed by atoms with van der Waals surface area (Å²) in [5, 5.41) is 16.4. The van der Waals surface area contributed by atoms with Gasteiger partial charge in [0, 0.05) is 17.1 Å². The average Bonchev–Trinajstić information content (AvgIpc) is 2.73. The summed E-state index contributed by atoms with van der Waals surface area (Å²) in [4.78, 5) is 18.2. The van der Waals surface area contributed by atoms with Gasteiger partial charge >= 0.3 is 0 Å². The maximum Gasteiger partial charge on any atom is 0.287 e. The van der Waals surface area contributed by atoms with Gasteiger partial charge in [0.2, 0.25) is 0 Å². The lowest BCUT2D eigenvalue weighted by molar-refractivity contribution is -0.385. The van der Waals surface area contributed by atoms with Gasteiger partial charge in [-0.1, -0.05) is 0 Å². The van der Waals surface area contributed by atoms with E-state index in [9.17, 15) is 10.1 Å². The van der Waals surface area contributed by atoms with Crippen molar-refractivity contribution in [3.05, 3.63) is 44.5 Å². The molecule has 2 aromatic heterocycles. The Morgan fingerprint density at radius 2 is 2.35 bits per heavy atom. The van der Waals surface area contributed by atoms with Crippen molar-refractivity contribution in [2.75, 3.05) is 5.32 Å². The highest BCUT2D eigenvalue weighted by atomic mass is 32.1. The molecule has 0 saturated heterocycles. The van der Waals surface area contributed by atoms with Crippen molar-refractivity contribution >= 4 is 22.8 Å². The molecular formula is C10H10N4O2S. The van der Waals surface area contributed by atoms with Gasteiger partial charge in [0.15, 0.2) is 0 Å². The molecule has 0 spiro atoms. The molecule has 2 aromatic rings. The van der Waals surface area contributed by atoms with E-state index in [1.165, 1.54) is 12.3 Å². The number of thiazole rings is 1. The lowest BCUT2D eigenvalue weighted by Gasteiger charge is -2.01. The molecule has 17 heavy (non-hydrogen) atoms. The quantitative estimate of drug-likeness (QED) is 0.665. The summed E-state index contributed by atoms with van der Waals surface area (Å²) in [7, 11) is 0. The second kappa shape index (κ2) is 4.88. The van der Waals surface area contributed by atoms with E-state index in [1.807, 2.05) is 12.3 Å². The van der Waals surface area contributed by atoms with Gasteiger partial charge in [0.05, 0.1) is 11.5 Å². The highest BCUT2D eigenvalue weighted by Crippen LogP contribution is 2.14. The molecule has 0 amide bonds. The number of aromatic nitrogens is 2. The molecule has 7 heteroatoms. The van der Waals surface area contributed by atoms with Crippen LogP contribution in [0.3, 0.4) is 0 Å². The number of nitro groups is 1. The Labute approximate surface area is 102 Å². The summed E-state index contributed by atoms with van der Waals surface area (Å²) in [5.41, 5.74) is 0.976. The summed E-state index contributed by atoms with van der Waals surface area (Å²) in [6, 6.07) is 3.00. The zero-order valence-corrected chi connectivity index (χ0v) is 9.90. The Morgan fingerprint density at radius 1 is 1.53 bits per heavy atom.